The molecule has 2 aliphatic rings. The molecule has 1 heterocycles. The number of hydrogen-bond acceptors (Lipinski definition) is 3. The molecule has 110 valence electrons. The van der Waals surface area contributed by atoms with Gasteiger partial charge in [0.2, 0.25) is 0 Å². The van der Waals surface area contributed by atoms with Gasteiger partial charge in [-0.05, 0) is 50.5 Å². The predicted octanol–water partition coefficient (Wildman–Crippen LogP) is 2.52. The van der Waals surface area contributed by atoms with Crippen molar-refractivity contribution in [2.45, 2.75) is 70.6 Å². The van der Waals surface area contributed by atoms with Gasteiger partial charge in [0, 0.05) is 13.2 Å². The molecule has 3 unspecified atom stereocenters. The molecule has 1 saturated carbocycles. The normalized spacial score (nSPS) is 36.1. The number of nitrogens with zero attached hydrogens (tertiary/aromatic N) is 1. The molecule has 0 amide bonds. The van der Waals surface area contributed by atoms with Crippen LogP contribution in [-0.4, -0.2) is 47.8 Å². The zero-order chi connectivity index (χ0) is 14.0. The first-order valence-corrected chi connectivity index (χ1v) is 7.47. The molecule has 19 heavy (non-hydrogen) atoms. The molecule has 3 atom stereocenters. The minimum Gasteiger partial charge on any atom is -0.480 e. The van der Waals surface area contributed by atoms with Crippen LogP contribution in [0.4, 0.5) is 0 Å². The highest BCUT2D eigenvalue weighted by molar-refractivity contribution is 5.74. The minimum atomic E-state index is -0.663. The summed E-state index contributed by atoms with van der Waals surface area (Å²) in [5.74, 6) is -0.663. The van der Waals surface area contributed by atoms with Crippen molar-refractivity contribution in [2.24, 2.45) is 5.41 Å². The summed E-state index contributed by atoms with van der Waals surface area (Å²) in [5, 5.41) is 9.63. The Kier molecular flexibility index (Phi) is 4.51. The molecular weight excluding hydrogens is 242 g/mol. The number of aliphatic carboxylic acids is 1. The number of ether oxygens (including phenoxy) is 1. The third kappa shape index (κ3) is 3.11. The van der Waals surface area contributed by atoms with Crippen LogP contribution in [0.25, 0.3) is 0 Å². The average molecular weight is 269 g/mol. The Balaban J connectivity index is 2.14. The quantitative estimate of drug-likeness (QED) is 0.855. The Morgan fingerprint density at radius 1 is 1.32 bits per heavy atom. The molecular formula is C15H27NO3. The summed E-state index contributed by atoms with van der Waals surface area (Å²) in [6.45, 7) is 5.10. The van der Waals surface area contributed by atoms with Crippen molar-refractivity contribution in [3.05, 3.63) is 0 Å². The van der Waals surface area contributed by atoms with Crippen LogP contribution in [-0.2, 0) is 9.53 Å². The van der Waals surface area contributed by atoms with Gasteiger partial charge in [-0.15, -0.1) is 0 Å². The Morgan fingerprint density at radius 2 is 2.05 bits per heavy atom. The number of methoxy groups -OCH3 is 1. The van der Waals surface area contributed by atoms with Crippen molar-refractivity contribution in [1.82, 2.24) is 4.90 Å². The van der Waals surface area contributed by atoms with Crippen LogP contribution in [0.15, 0.2) is 0 Å². The monoisotopic (exact) mass is 269 g/mol. The van der Waals surface area contributed by atoms with Gasteiger partial charge >= 0.3 is 5.97 Å². The van der Waals surface area contributed by atoms with E-state index in [1.54, 1.807) is 7.11 Å². The molecule has 1 aliphatic heterocycles. The number of piperidine rings is 1. The predicted molar refractivity (Wildman–Crippen MR) is 74.2 cm³/mol. The van der Waals surface area contributed by atoms with Crippen LogP contribution in [0.5, 0.6) is 0 Å². The number of likely N-dealkylation sites (tertiary alicyclic amines) is 1. The highest BCUT2D eigenvalue weighted by Gasteiger charge is 2.45. The summed E-state index contributed by atoms with van der Waals surface area (Å²) in [6.07, 6.45) is 6.76. The third-order valence-electron chi connectivity index (χ3n) is 4.94. The van der Waals surface area contributed by atoms with Crippen LogP contribution < -0.4 is 0 Å². The van der Waals surface area contributed by atoms with E-state index >= 15 is 0 Å². The highest BCUT2D eigenvalue weighted by Crippen LogP contribution is 2.39. The third-order valence-corrected chi connectivity index (χ3v) is 4.94. The number of carboxylic acids is 1. The van der Waals surface area contributed by atoms with Gasteiger partial charge in [-0.1, -0.05) is 13.8 Å². The fourth-order valence-corrected chi connectivity index (χ4v) is 3.94. The summed E-state index contributed by atoms with van der Waals surface area (Å²) in [6, 6.07) is 0.0289. The van der Waals surface area contributed by atoms with Crippen molar-refractivity contribution in [1.29, 1.82) is 0 Å². The van der Waals surface area contributed by atoms with Crippen LogP contribution in [0.1, 0.15) is 52.4 Å². The topological polar surface area (TPSA) is 49.8 Å². The van der Waals surface area contributed by atoms with Gasteiger partial charge in [-0.25, -0.2) is 0 Å². The first-order chi connectivity index (χ1) is 8.95. The first kappa shape index (κ1) is 14.8. The van der Waals surface area contributed by atoms with Gasteiger partial charge < -0.3 is 9.84 Å². The van der Waals surface area contributed by atoms with E-state index in [4.69, 9.17) is 4.74 Å². The summed E-state index contributed by atoms with van der Waals surface area (Å²) in [5.41, 5.74) is -0.135. The zero-order valence-corrected chi connectivity index (χ0v) is 12.4. The maximum atomic E-state index is 11.7. The Labute approximate surface area is 116 Å². The van der Waals surface area contributed by atoms with Crippen LogP contribution in [0.2, 0.25) is 0 Å². The van der Waals surface area contributed by atoms with E-state index in [1.807, 2.05) is 0 Å². The summed E-state index contributed by atoms with van der Waals surface area (Å²) in [7, 11) is 1.77. The number of carbonyl (C=O) groups is 1. The van der Waals surface area contributed by atoms with E-state index in [2.05, 4.69) is 18.7 Å². The fourth-order valence-electron chi connectivity index (χ4n) is 3.94. The molecule has 4 nitrogen and oxygen atoms in total. The van der Waals surface area contributed by atoms with Crippen LogP contribution in [0.3, 0.4) is 0 Å². The Morgan fingerprint density at radius 3 is 2.68 bits per heavy atom. The Hall–Kier alpha value is -0.610. The number of carboxylic acid groups (broad SMARTS) is 1. The summed E-state index contributed by atoms with van der Waals surface area (Å²) < 4.78 is 5.49. The molecule has 1 N–H and O–H groups in total. The van der Waals surface area contributed by atoms with E-state index in [9.17, 15) is 9.90 Å². The number of hydrogen-bond donors (Lipinski definition) is 1. The van der Waals surface area contributed by atoms with Crippen molar-refractivity contribution < 1.29 is 14.6 Å². The average Bonchev–Trinajstić information content (AvgIpc) is 2.37. The maximum Gasteiger partial charge on any atom is 0.321 e. The smallest absolute Gasteiger partial charge is 0.321 e. The highest BCUT2D eigenvalue weighted by atomic mass is 16.5. The molecule has 0 aromatic heterocycles. The van der Waals surface area contributed by atoms with E-state index in [-0.39, 0.29) is 11.5 Å². The van der Waals surface area contributed by atoms with E-state index in [0.29, 0.717) is 12.1 Å². The summed E-state index contributed by atoms with van der Waals surface area (Å²) in [4.78, 5) is 13.9. The second kappa shape index (κ2) is 5.80. The lowest BCUT2D eigenvalue weighted by atomic mass is 9.74. The van der Waals surface area contributed by atoms with E-state index in [0.717, 1.165) is 45.1 Å². The first-order valence-electron chi connectivity index (χ1n) is 7.47. The zero-order valence-electron chi connectivity index (χ0n) is 12.4. The largest absolute Gasteiger partial charge is 0.480 e. The van der Waals surface area contributed by atoms with Crippen LogP contribution in [0, 0.1) is 5.41 Å². The molecule has 2 fully saturated rings. The molecule has 4 heteroatoms. The minimum absolute atomic E-state index is 0.135. The molecule has 0 aromatic carbocycles. The lowest BCUT2D eigenvalue weighted by molar-refractivity contribution is -0.154. The molecule has 0 aromatic rings. The summed E-state index contributed by atoms with van der Waals surface area (Å²) >= 11 is 0. The van der Waals surface area contributed by atoms with Crippen molar-refractivity contribution >= 4 is 5.97 Å². The molecule has 1 aliphatic carbocycles. The SMILES string of the molecule is COC1CCCC(N2CCCC(C)(C)C2C(=O)O)C1. The van der Waals surface area contributed by atoms with Crippen LogP contribution >= 0.6 is 0 Å². The second-order valence-electron chi connectivity index (χ2n) is 6.75. The van der Waals surface area contributed by atoms with Gasteiger partial charge in [0.1, 0.15) is 6.04 Å². The molecule has 0 spiro atoms. The standard InChI is InChI=1S/C15H27NO3/c1-15(2)8-5-9-16(13(15)14(17)18)11-6-4-7-12(10-11)19-3/h11-13H,4-10H2,1-3H3,(H,17,18). The second-order valence-corrected chi connectivity index (χ2v) is 6.75. The fraction of sp³-hybridized carbons (Fsp3) is 0.933. The van der Waals surface area contributed by atoms with E-state index in [1.165, 1.54) is 0 Å². The Bertz CT molecular complexity index is 329. The van der Waals surface area contributed by atoms with Gasteiger partial charge in [-0.2, -0.15) is 0 Å². The molecule has 0 radical (unpaired) electrons. The maximum absolute atomic E-state index is 11.7. The molecule has 0 bridgehead atoms. The van der Waals surface area contributed by atoms with E-state index < -0.39 is 5.97 Å². The molecule has 2 rings (SSSR count). The van der Waals surface area contributed by atoms with Crippen molar-refractivity contribution in [3.63, 3.8) is 0 Å². The van der Waals surface area contributed by atoms with Gasteiger partial charge in [0.05, 0.1) is 6.10 Å². The van der Waals surface area contributed by atoms with Crippen molar-refractivity contribution in [2.75, 3.05) is 13.7 Å². The van der Waals surface area contributed by atoms with Crippen molar-refractivity contribution in [3.8, 4) is 0 Å². The lowest BCUT2D eigenvalue weighted by Gasteiger charge is -2.49. The number of rotatable bonds is 3. The molecule has 1 saturated heterocycles. The van der Waals surface area contributed by atoms with Gasteiger partial charge in [-0.3, -0.25) is 9.69 Å². The van der Waals surface area contributed by atoms with Gasteiger partial charge in [0.25, 0.3) is 0 Å². The lowest BCUT2D eigenvalue weighted by Crippen LogP contribution is -2.58. The van der Waals surface area contributed by atoms with Gasteiger partial charge in [0.15, 0.2) is 0 Å².